The number of methoxy groups -OCH3 is 2. The Labute approximate surface area is 103 Å². The van der Waals surface area contributed by atoms with Gasteiger partial charge in [0.25, 0.3) is 6.43 Å². The molecule has 0 aliphatic heterocycles. The zero-order chi connectivity index (χ0) is 13.7. The minimum Gasteiger partial charge on any atom is -0.494 e. The summed E-state index contributed by atoms with van der Waals surface area (Å²) >= 11 is 0. The number of ether oxygens (including phenoxy) is 2. The molecule has 0 amide bonds. The number of nitrogens with zero attached hydrogens (tertiary/aromatic N) is 1. The van der Waals surface area contributed by atoms with Crippen LogP contribution >= 0.6 is 0 Å². The van der Waals surface area contributed by atoms with Crippen molar-refractivity contribution in [1.82, 2.24) is 4.98 Å². The van der Waals surface area contributed by atoms with E-state index in [4.69, 9.17) is 10.5 Å². The Kier molecular flexibility index (Phi) is 4.96. The number of hydrogen-bond acceptors (Lipinski definition) is 5. The fraction of sp³-hybridized carbons (Fsp3) is 0.455. The summed E-state index contributed by atoms with van der Waals surface area (Å²) in [7, 11) is 2.45. The molecule has 1 aromatic rings. The lowest BCUT2D eigenvalue weighted by atomic mass is 10.1. The highest BCUT2D eigenvalue weighted by Crippen LogP contribution is 2.34. The van der Waals surface area contributed by atoms with Crippen LogP contribution in [0.2, 0.25) is 0 Å². The van der Waals surface area contributed by atoms with Crippen molar-refractivity contribution in [3.63, 3.8) is 0 Å². The van der Waals surface area contributed by atoms with Gasteiger partial charge in [-0.25, -0.2) is 8.78 Å². The third-order valence-electron chi connectivity index (χ3n) is 2.41. The van der Waals surface area contributed by atoms with Gasteiger partial charge in [0, 0.05) is 12.7 Å². The number of carbonyl (C=O) groups excluding carboxylic acids is 1. The van der Waals surface area contributed by atoms with E-state index in [9.17, 15) is 13.6 Å². The van der Waals surface area contributed by atoms with Crippen molar-refractivity contribution >= 4 is 5.97 Å². The lowest BCUT2D eigenvalue weighted by molar-refractivity contribution is -0.139. The Balaban J connectivity index is 3.28. The molecule has 7 heteroatoms. The number of aromatic nitrogens is 1. The average molecular weight is 260 g/mol. The van der Waals surface area contributed by atoms with Crippen LogP contribution in [0, 0.1) is 0 Å². The summed E-state index contributed by atoms with van der Waals surface area (Å²) in [5.74, 6) is -0.695. The van der Waals surface area contributed by atoms with Gasteiger partial charge in [0.2, 0.25) is 0 Å². The molecule has 5 nitrogen and oxygen atoms in total. The summed E-state index contributed by atoms with van der Waals surface area (Å²) in [4.78, 5) is 15.1. The molecular formula is C11H14F2N2O3. The van der Waals surface area contributed by atoms with E-state index in [1.165, 1.54) is 20.4 Å². The molecule has 0 fully saturated rings. The quantitative estimate of drug-likeness (QED) is 0.805. The SMILES string of the molecule is COC(=O)Cc1ncc(CN)c(C(F)F)c1OC. The van der Waals surface area contributed by atoms with Gasteiger partial charge in [-0.1, -0.05) is 0 Å². The fourth-order valence-corrected chi connectivity index (χ4v) is 1.55. The van der Waals surface area contributed by atoms with Crippen LogP contribution in [0.4, 0.5) is 8.78 Å². The number of carbonyl (C=O) groups is 1. The van der Waals surface area contributed by atoms with Crippen molar-refractivity contribution in [2.75, 3.05) is 14.2 Å². The second-order valence-electron chi connectivity index (χ2n) is 3.43. The lowest BCUT2D eigenvalue weighted by Gasteiger charge is -2.15. The summed E-state index contributed by atoms with van der Waals surface area (Å²) in [6.45, 7) is -0.0818. The van der Waals surface area contributed by atoms with E-state index in [1.807, 2.05) is 0 Å². The first-order chi connectivity index (χ1) is 8.54. The van der Waals surface area contributed by atoms with Gasteiger partial charge in [-0.05, 0) is 5.56 Å². The Bertz CT molecular complexity index is 439. The van der Waals surface area contributed by atoms with Crippen molar-refractivity contribution in [2.24, 2.45) is 5.73 Å². The third-order valence-corrected chi connectivity index (χ3v) is 2.41. The second kappa shape index (κ2) is 6.25. The van der Waals surface area contributed by atoms with E-state index in [2.05, 4.69) is 9.72 Å². The molecule has 100 valence electrons. The van der Waals surface area contributed by atoms with Crippen LogP contribution in [0.1, 0.15) is 23.2 Å². The van der Waals surface area contributed by atoms with Gasteiger partial charge in [0.05, 0.1) is 31.9 Å². The molecule has 0 bridgehead atoms. The minimum absolute atomic E-state index is 0.0818. The van der Waals surface area contributed by atoms with Gasteiger partial charge in [0.15, 0.2) is 0 Å². The third kappa shape index (κ3) is 2.92. The van der Waals surface area contributed by atoms with Gasteiger partial charge in [0.1, 0.15) is 5.75 Å². The topological polar surface area (TPSA) is 74.4 Å². The van der Waals surface area contributed by atoms with Crippen molar-refractivity contribution in [1.29, 1.82) is 0 Å². The zero-order valence-electron chi connectivity index (χ0n) is 10.1. The Morgan fingerprint density at radius 1 is 1.50 bits per heavy atom. The summed E-state index contributed by atoms with van der Waals surface area (Å²) in [6, 6.07) is 0. The van der Waals surface area contributed by atoms with Crippen LogP contribution in [0.25, 0.3) is 0 Å². The summed E-state index contributed by atoms with van der Waals surface area (Å²) in [5.41, 5.74) is 5.34. The van der Waals surface area contributed by atoms with Crippen LogP contribution in [0.5, 0.6) is 5.75 Å². The zero-order valence-corrected chi connectivity index (χ0v) is 10.1. The Morgan fingerprint density at radius 2 is 2.17 bits per heavy atom. The van der Waals surface area contributed by atoms with Gasteiger partial charge in [-0.15, -0.1) is 0 Å². The van der Waals surface area contributed by atoms with E-state index in [0.717, 1.165) is 0 Å². The van der Waals surface area contributed by atoms with E-state index in [-0.39, 0.29) is 35.5 Å². The first-order valence-electron chi connectivity index (χ1n) is 5.14. The molecule has 18 heavy (non-hydrogen) atoms. The molecule has 1 aromatic heterocycles. The standard InChI is InChI=1S/C11H14F2N2O3/c1-17-8(16)3-7-10(18-2)9(11(12)13)6(4-14)5-15-7/h5,11H,3-4,14H2,1-2H3. The molecular weight excluding hydrogens is 246 g/mol. The van der Waals surface area contributed by atoms with Crippen LogP contribution in [0.3, 0.4) is 0 Å². The molecule has 0 aliphatic rings. The molecule has 1 heterocycles. The molecule has 0 saturated heterocycles. The van der Waals surface area contributed by atoms with Gasteiger partial charge >= 0.3 is 5.97 Å². The smallest absolute Gasteiger partial charge is 0.311 e. The average Bonchev–Trinajstić information content (AvgIpc) is 2.37. The molecule has 0 radical (unpaired) electrons. The minimum atomic E-state index is -2.75. The highest BCUT2D eigenvalue weighted by molar-refractivity contribution is 5.73. The first-order valence-corrected chi connectivity index (χ1v) is 5.14. The van der Waals surface area contributed by atoms with Crippen LogP contribution in [0.15, 0.2) is 6.20 Å². The van der Waals surface area contributed by atoms with Crippen LogP contribution < -0.4 is 10.5 Å². The highest BCUT2D eigenvalue weighted by Gasteiger charge is 2.23. The number of alkyl halides is 2. The molecule has 0 atom stereocenters. The maximum absolute atomic E-state index is 13.0. The predicted octanol–water partition coefficient (Wildman–Crippen LogP) is 1.20. The number of pyridine rings is 1. The van der Waals surface area contributed by atoms with Crippen molar-refractivity contribution in [2.45, 2.75) is 19.4 Å². The molecule has 0 spiro atoms. The predicted molar refractivity (Wildman–Crippen MR) is 59.4 cm³/mol. The van der Waals surface area contributed by atoms with E-state index in [1.54, 1.807) is 0 Å². The number of esters is 1. The van der Waals surface area contributed by atoms with E-state index >= 15 is 0 Å². The summed E-state index contributed by atoms with van der Waals surface area (Å²) in [5, 5.41) is 0. The van der Waals surface area contributed by atoms with Crippen molar-refractivity contribution in [3.05, 3.63) is 23.0 Å². The van der Waals surface area contributed by atoms with Gasteiger partial charge in [-0.2, -0.15) is 0 Å². The van der Waals surface area contributed by atoms with Crippen molar-refractivity contribution < 1.29 is 23.0 Å². The van der Waals surface area contributed by atoms with Crippen LogP contribution in [-0.4, -0.2) is 25.2 Å². The molecule has 2 N–H and O–H groups in total. The molecule has 0 aromatic carbocycles. The molecule has 1 rings (SSSR count). The lowest BCUT2D eigenvalue weighted by Crippen LogP contribution is -2.12. The largest absolute Gasteiger partial charge is 0.494 e. The number of nitrogens with two attached hydrogens (primary N) is 1. The maximum atomic E-state index is 13.0. The molecule has 0 saturated carbocycles. The summed E-state index contributed by atoms with van der Waals surface area (Å²) < 4.78 is 35.3. The van der Waals surface area contributed by atoms with Crippen LogP contribution in [-0.2, 0) is 22.5 Å². The normalized spacial score (nSPS) is 10.6. The van der Waals surface area contributed by atoms with Gasteiger partial charge in [-0.3, -0.25) is 9.78 Å². The van der Waals surface area contributed by atoms with E-state index < -0.39 is 12.4 Å². The summed E-state index contributed by atoms with van der Waals surface area (Å²) in [6.07, 6.45) is -1.76. The van der Waals surface area contributed by atoms with Crippen molar-refractivity contribution in [3.8, 4) is 5.75 Å². The molecule has 0 aliphatic carbocycles. The maximum Gasteiger partial charge on any atom is 0.311 e. The fourth-order valence-electron chi connectivity index (χ4n) is 1.55. The number of halogens is 2. The highest BCUT2D eigenvalue weighted by atomic mass is 19.3. The number of hydrogen-bond donors (Lipinski definition) is 1. The molecule has 0 unspecified atom stereocenters. The second-order valence-corrected chi connectivity index (χ2v) is 3.43. The van der Waals surface area contributed by atoms with Gasteiger partial charge < -0.3 is 15.2 Å². The number of rotatable bonds is 5. The van der Waals surface area contributed by atoms with E-state index in [0.29, 0.717) is 0 Å². The monoisotopic (exact) mass is 260 g/mol. The Hall–Kier alpha value is -1.76. The Morgan fingerprint density at radius 3 is 2.61 bits per heavy atom. The first kappa shape index (κ1) is 14.3.